The van der Waals surface area contributed by atoms with Crippen LogP contribution in [-0.4, -0.2) is 28.4 Å². The Morgan fingerprint density at radius 2 is 1.75 bits per heavy atom. The van der Waals surface area contributed by atoms with E-state index in [1.165, 1.54) is 24.4 Å². The summed E-state index contributed by atoms with van der Waals surface area (Å²) in [6, 6.07) is 19.0. The third kappa shape index (κ3) is 4.46. The third-order valence-electron chi connectivity index (χ3n) is 4.52. The summed E-state index contributed by atoms with van der Waals surface area (Å²) in [7, 11) is 0. The van der Waals surface area contributed by atoms with Crippen LogP contribution in [0.1, 0.15) is 5.56 Å². The molecule has 0 bridgehead atoms. The number of amides is 1. The molecule has 4 aromatic rings. The number of ether oxygens (including phenoxy) is 1. The first-order valence-electron chi connectivity index (χ1n) is 9.57. The predicted molar refractivity (Wildman–Crippen MR) is 119 cm³/mol. The Morgan fingerprint density at radius 3 is 2.59 bits per heavy atom. The Morgan fingerprint density at radius 1 is 1.03 bits per heavy atom. The fraction of sp³-hybridized carbons (Fsp3) is 0.0435. The topological polar surface area (TPSA) is 106 Å². The number of anilines is 1. The van der Waals surface area contributed by atoms with Gasteiger partial charge in [0, 0.05) is 5.56 Å². The van der Waals surface area contributed by atoms with E-state index in [-0.39, 0.29) is 12.3 Å². The second-order valence-corrected chi connectivity index (χ2v) is 6.69. The van der Waals surface area contributed by atoms with Crippen molar-refractivity contribution in [3.8, 4) is 5.75 Å². The maximum atomic E-state index is 13.7. The van der Waals surface area contributed by atoms with Crippen LogP contribution in [-0.2, 0) is 4.79 Å². The Balaban J connectivity index is 1.53. The van der Waals surface area contributed by atoms with Gasteiger partial charge in [0.25, 0.3) is 11.5 Å². The molecule has 1 aromatic heterocycles. The highest BCUT2D eigenvalue weighted by Crippen LogP contribution is 2.17. The third-order valence-corrected chi connectivity index (χ3v) is 4.52. The van der Waals surface area contributed by atoms with Gasteiger partial charge in [-0.05, 0) is 36.4 Å². The number of hydrogen-bond acceptors (Lipinski definition) is 5. The van der Waals surface area contributed by atoms with Gasteiger partial charge in [0.05, 0.1) is 22.8 Å². The van der Waals surface area contributed by atoms with Crippen molar-refractivity contribution in [3.05, 3.63) is 105 Å². The van der Waals surface area contributed by atoms with E-state index in [9.17, 15) is 18.8 Å². The smallest absolute Gasteiger partial charge is 0.349 e. The van der Waals surface area contributed by atoms with Crippen LogP contribution in [0, 0.1) is 5.82 Å². The summed E-state index contributed by atoms with van der Waals surface area (Å²) in [5, 5.41) is 6.74. The number of nitrogens with zero attached hydrogens (tertiary/aromatic N) is 2. The molecule has 160 valence electrons. The minimum atomic E-state index is -0.687. The molecule has 0 atom stereocenters. The van der Waals surface area contributed by atoms with Crippen molar-refractivity contribution in [1.29, 1.82) is 0 Å². The van der Waals surface area contributed by atoms with Crippen LogP contribution in [0.3, 0.4) is 0 Å². The van der Waals surface area contributed by atoms with Gasteiger partial charge in [0.1, 0.15) is 11.6 Å². The second-order valence-electron chi connectivity index (χ2n) is 6.69. The molecule has 0 radical (unpaired) electrons. The number of benzene rings is 3. The van der Waals surface area contributed by atoms with Crippen LogP contribution in [0.2, 0.25) is 0 Å². The summed E-state index contributed by atoms with van der Waals surface area (Å²) in [6.45, 7) is -0.379. The van der Waals surface area contributed by atoms with Crippen molar-refractivity contribution >= 4 is 28.7 Å². The number of aromatic amines is 1. The summed E-state index contributed by atoms with van der Waals surface area (Å²) in [4.78, 5) is 39.6. The van der Waals surface area contributed by atoms with E-state index in [1.807, 2.05) is 0 Å². The molecule has 0 saturated carbocycles. The Hall–Kier alpha value is -4.53. The molecular weight excluding hydrogens is 415 g/mol. The van der Waals surface area contributed by atoms with Crippen LogP contribution in [0.25, 0.3) is 10.9 Å². The van der Waals surface area contributed by atoms with Gasteiger partial charge in [0.2, 0.25) is 0 Å². The molecule has 0 spiro atoms. The largest absolute Gasteiger partial charge is 0.483 e. The molecule has 0 aliphatic rings. The van der Waals surface area contributed by atoms with Crippen LogP contribution in [0.5, 0.6) is 5.75 Å². The highest BCUT2D eigenvalue weighted by molar-refractivity contribution is 5.92. The van der Waals surface area contributed by atoms with Gasteiger partial charge >= 0.3 is 5.69 Å². The number of H-pyrrole nitrogens is 1. The van der Waals surface area contributed by atoms with Crippen molar-refractivity contribution in [3.63, 3.8) is 0 Å². The number of nitrogens with one attached hydrogen (secondary N) is 2. The summed E-state index contributed by atoms with van der Waals surface area (Å²) >= 11 is 0. The first-order chi connectivity index (χ1) is 15.5. The van der Waals surface area contributed by atoms with Crippen molar-refractivity contribution < 1.29 is 13.9 Å². The quantitative estimate of drug-likeness (QED) is 0.457. The molecule has 1 heterocycles. The number of hydrogen-bond donors (Lipinski definition) is 2. The second kappa shape index (κ2) is 9.09. The summed E-state index contributed by atoms with van der Waals surface area (Å²) in [5.74, 6) is -0.811. The molecule has 8 nitrogen and oxygen atoms in total. The normalized spacial score (nSPS) is 11.0. The van der Waals surface area contributed by atoms with Crippen LogP contribution in [0.15, 0.2) is 87.5 Å². The maximum Gasteiger partial charge on any atom is 0.349 e. The van der Waals surface area contributed by atoms with E-state index in [4.69, 9.17) is 4.74 Å². The van der Waals surface area contributed by atoms with Gasteiger partial charge in [-0.15, -0.1) is 4.68 Å². The predicted octanol–water partition coefficient (Wildman–Crippen LogP) is 2.73. The Kier molecular flexibility index (Phi) is 5.89. The maximum absolute atomic E-state index is 13.7. The highest BCUT2D eigenvalue weighted by atomic mass is 19.1. The van der Waals surface area contributed by atoms with Gasteiger partial charge < -0.3 is 15.0 Å². The molecule has 1 amide bonds. The molecule has 0 fully saturated rings. The number of fused-ring (bicyclic) bond motifs is 1. The minimum absolute atomic E-state index is 0.0471. The van der Waals surface area contributed by atoms with Crippen LogP contribution < -0.4 is 21.3 Å². The lowest BCUT2D eigenvalue weighted by Crippen LogP contribution is -2.32. The van der Waals surface area contributed by atoms with Gasteiger partial charge in [-0.3, -0.25) is 9.59 Å². The summed E-state index contributed by atoms with van der Waals surface area (Å²) < 4.78 is 19.9. The minimum Gasteiger partial charge on any atom is -0.483 e. The highest BCUT2D eigenvalue weighted by Gasteiger charge is 2.10. The molecule has 2 N–H and O–H groups in total. The number of aromatic nitrogens is 2. The average molecular weight is 432 g/mol. The molecule has 3 aromatic carbocycles. The number of carbonyl (C=O) groups is 1. The van der Waals surface area contributed by atoms with Crippen LogP contribution >= 0.6 is 0 Å². The van der Waals surface area contributed by atoms with Gasteiger partial charge in [-0.2, -0.15) is 5.10 Å². The van der Waals surface area contributed by atoms with E-state index < -0.39 is 23.0 Å². The lowest BCUT2D eigenvalue weighted by Gasteiger charge is -2.10. The number of rotatable bonds is 6. The van der Waals surface area contributed by atoms with Crippen molar-refractivity contribution in [2.24, 2.45) is 5.10 Å². The Bertz CT molecular complexity index is 1440. The zero-order chi connectivity index (χ0) is 22.5. The number of carbonyl (C=O) groups excluding carboxylic acids is 1. The zero-order valence-corrected chi connectivity index (χ0v) is 16.6. The first-order valence-corrected chi connectivity index (χ1v) is 9.57. The van der Waals surface area contributed by atoms with Gasteiger partial charge in [-0.1, -0.05) is 36.4 Å². The molecule has 9 heteroatoms. The fourth-order valence-electron chi connectivity index (χ4n) is 2.99. The van der Waals surface area contributed by atoms with E-state index in [1.54, 1.807) is 54.6 Å². The van der Waals surface area contributed by atoms with Crippen molar-refractivity contribution in [2.45, 2.75) is 0 Å². The first kappa shape index (κ1) is 20.7. The number of halogens is 1. The van der Waals surface area contributed by atoms with Gasteiger partial charge in [-0.25, -0.2) is 9.18 Å². The summed E-state index contributed by atoms with van der Waals surface area (Å²) in [5.41, 5.74) is -0.356. The summed E-state index contributed by atoms with van der Waals surface area (Å²) in [6.07, 6.45) is 1.29. The SMILES string of the molecule is O=C(COc1ccccc1C=Nn1c(=O)[nH]c2ccccc2c1=O)Nc1ccccc1F. The molecule has 0 unspecified atom stereocenters. The monoisotopic (exact) mass is 432 g/mol. The van der Waals surface area contributed by atoms with E-state index in [2.05, 4.69) is 15.4 Å². The van der Waals surface area contributed by atoms with E-state index in [0.717, 1.165) is 0 Å². The lowest BCUT2D eigenvalue weighted by molar-refractivity contribution is -0.118. The fourth-order valence-corrected chi connectivity index (χ4v) is 2.99. The van der Waals surface area contributed by atoms with E-state index in [0.29, 0.717) is 26.9 Å². The lowest BCUT2D eigenvalue weighted by atomic mass is 10.2. The van der Waals surface area contributed by atoms with Crippen LogP contribution in [0.4, 0.5) is 10.1 Å². The number of para-hydroxylation sites is 3. The zero-order valence-electron chi connectivity index (χ0n) is 16.6. The van der Waals surface area contributed by atoms with E-state index >= 15 is 0 Å². The van der Waals surface area contributed by atoms with Crippen molar-refractivity contribution in [2.75, 3.05) is 11.9 Å². The molecule has 4 rings (SSSR count). The molecule has 0 aliphatic heterocycles. The molecule has 0 aliphatic carbocycles. The standard InChI is InChI=1S/C23H17FN4O4/c24-17-9-3-5-11-19(17)26-21(29)14-32-20-12-6-1-7-15(20)13-25-28-22(30)16-8-2-4-10-18(16)27-23(28)31/h1-13H,14H2,(H,26,29)(H,27,31). The molecule has 0 saturated heterocycles. The van der Waals surface area contributed by atoms with Gasteiger partial charge in [0.15, 0.2) is 6.61 Å². The average Bonchev–Trinajstić information content (AvgIpc) is 2.80. The molecule has 32 heavy (non-hydrogen) atoms. The van der Waals surface area contributed by atoms with Crippen molar-refractivity contribution in [1.82, 2.24) is 9.66 Å². The Labute approximate surface area is 180 Å². The molecular formula is C23H17FN4O4.